The van der Waals surface area contributed by atoms with E-state index in [-0.39, 0.29) is 10.6 Å². The fourth-order valence-corrected chi connectivity index (χ4v) is 2.79. The Morgan fingerprint density at radius 3 is 2.68 bits per heavy atom. The van der Waals surface area contributed by atoms with Gasteiger partial charge in [-0.15, -0.1) is 0 Å². The lowest BCUT2D eigenvalue weighted by Crippen LogP contribution is -2.35. The van der Waals surface area contributed by atoms with Crippen LogP contribution in [0.2, 0.25) is 10.0 Å². The Morgan fingerprint density at radius 2 is 1.95 bits per heavy atom. The smallest absolute Gasteiger partial charge is 0.264 e. The third-order valence-corrected chi connectivity index (χ3v) is 3.90. The number of rotatable bonds is 2. The quantitative estimate of drug-likeness (QED) is 0.814. The van der Waals surface area contributed by atoms with Crippen molar-refractivity contribution in [3.63, 3.8) is 0 Å². The summed E-state index contributed by atoms with van der Waals surface area (Å²) < 4.78 is 14.0. The van der Waals surface area contributed by atoms with Gasteiger partial charge in [-0.1, -0.05) is 41.4 Å². The number of amidine groups is 1. The number of carbonyl (C=O) groups is 1. The van der Waals surface area contributed by atoms with Crippen LogP contribution in [-0.4, -0.2) is 29.7 Å². The van der Waals surface area contributed by atoms with Gasteiger partial charge in [-0.3, -0.25) is 14.7 Å². The Kier molecular flexibility index (Phi) is 4.14. The van der Waals surface area contributed by atoms with Crippen molar-refractivity contribution in [2.45, 2.75) is 0 Å². The minimum absolute atomic E-state index is 0.0855. The second kappa shape index (κ2) is 6.07. The predicted octanol–water partition coefficient (Wildman–Crippen LogP) is 4.04. The molecule has 1 heterocycles. The van der Waals surface area contributed by atoms with Crippen molar-refractivity contribution in [1.82, 2.24) is 4.90 Å². The van der Waals surface area contributed by atoms with Crippen LogP contribution in [-0.2, 0) is 0 Å². The first-order valence-electron chi connectivity index (χ1n) is 6.64. The molecule has 0 N–H and O–H groups in total. The SMILES string of the molecule is O=C(c1c(F)cccc1Cl)N1CCN=C1c1cccc(Cl)c1. The summed E-state index contributed by atoms with van der Waals surface area (Å²) in [5.74, 6) is -0.666. The minimum Gasteiger partial charge on any atom is -0.290 e. The maximum atomic E-state index is 14.0. The fraction of sp³-hybridized carbons (Fsp3) is 0.125. The van der Waals surface area contributed by atoms with E-state index >= 15 is 0 Å². The number of halogens is 3. The summed E-state index contributed by atoms with van der Waals surface area (Å²) in [6.45, 7) is 0.838. The number of carbonyl (C=O) groups excluding carboxylic acids is 1. The van der Waals surface area contributed by atoms with Crippen LogP contribution in [0.4, 0.5) is 4.39 Å². The Bertz CT molecular complexity index is 756. The molecule has 1 aliphatic rings. The lowest BCUT2D eigenvalue weighted by molar-refractivity contribution is 0.0854. The van der Waals surface area contributed by atoms with Gasteiger partial charge in [0.1, 0.15) is 11.7 Å². The molecule has 0 radical (unpaired) electrons. The van der Waals surface area contributed by atoms with Crippen molar-refractivity contribution in [3.05, 3.63) is 69.5 Å². The molecule has 112 valence electrons. The Hall–Kier alpha value is -1.91. The molecular formula is C16H11Cl2FN2O. The van der Waals surface area contributed by atoms with E-state index in [0.717, 1.165) is 0 Å². The first-order valence-corrected chi connectivity index (χ1v) is 7.40. The van der Waals surface area contributed by atoms with Crippen LogP contribution < -0.4 is 0 Å². The van der Waals surface area contributed by atoms with Gasteiger partial charge in [0.05, 0.1) is 17.1 Å². The molecule has 0 bridgehead atoms. The van der Waals surface area contributed by atoms with E-state index in [2.05, 4.69) is 4.99 Å². The van der Waals surface area contributed by atoms with E-state index in [4.69, 9.17) is 23.2 Å². The van der Waals surface area contributed by atoms with Crippen molar-refractivity contribution in [2.24, 2.45) is 4.99 Å². The Morgan fingerprint density at radius 1 is 1.18 bits per heavy atom. The molecule has 2 aromatic rings. The second-order valence-electron chi connectivity index (χ2n) is 4.77. The molecular weight excluding hydrogens is 326 g/mol. The highest BCUT2D eigenvalue weighted by Crippen LogP contribution is 2.24. The summed E-state index contributed by atoms with van der Waals surface area (Å²) in [5, 5.41) is 0.630. The lowest BCUT2D eigenvalue weighted by atomic mass is 10.1. The third-order valence-electron chi connectivity index (χ3n) is 3.35. The van der Waals surface area contributed by atoms with Crippen LogP contribution in [0.25, 0.3) is 0 Å². The van der Waals surface area contributed by atoms with Gasteiger partial charge < -0.3 is 0 Å². The summed E-state index contributed by atoms with van der Waals surface area (Å²) in [6.07, 6.45) is 0. The van der Waals surface area contributed by atoms with Crippen LogP contribution in [0.3, 0.4) is 0 Å². The van der Waals surface area contributed by atoms with E-state index in [0.29, 0.717) is 29.5 Å². The van der Waals surface area contributed by atoms with E-state index in [9.17, 15) is 9.18 Å². The number of benzene rings is 2. The summed E-state index contributed by atoms with van der Waals surface area (Å²) in [4.78, 5) is 18.4. The second-order valence-corrected chi connectivity index (χ2v) is 5.61. The number of aliphatic imine (C=N–C) groups is 1. The van der Waals surface area contributed by atoms with E-state index < -0.39 is 11.7 Å². The molecule has 3 rings (SSSR count). The molecule has 1 aliphatic heterocycles. The molecule has 0 unspecified atom stereocenters. The van der Waals surface area contributed by atoms with Gasteiger partial charge >= 0.3 is 0 Å². The first kappa shape index (κ1) is 15.0. The molecule has 2 aromatic carbocycles. The maximum Gasteiger partial charge on any atom is 0.264 e. The van der Waals surface area contributed by atoms with Crippen molar-refractivity contribution >= 4 is 34.9 Å². The van der Waals surface area contributed by atoms with Gasteiger partial charge in [0.15, 0.2) is 0 Å². The van der Waals surface area contributed by atoms with Crippen LogP contribution in [0.15, 0.2) is 47.5 Å². The zero-order valence-corrected chi connectivity index (χ0v) is 12.9. The molecule has 0 saturated carbocycles. The van der Waals surface area contributed by atoms with Gasteiger partial charge in [-0.2, -0.15) is 0 Å². The summed E-state index contributed by atoms with van der Waals surface area (Å²) in [7, 11) is 0. The summed E-state index contributed by atoms with van der Waals surface area (Å²) in [5.41, 5.74) is 0.576. The van der Waals surface area contributed by atoms with Gasteiger partial charge in [-0.05, 0) is 24.3 Å². The van der Waals surface area contributed by atoms with Crippen molar-refractivity contribution < 1.29 is 9.18 Å². The molecule has 1 amide bonds. The van der Waals surface area contributed by atoms with Gasteiger partial charge in [0.25, 0.3) is 5.91 Å². The number of hydrogen-bond donors (Lipinski definition) is 0. The Balaban J connectivity index is 1.98. The summed E-state index contributed by atoms with van der Waals surface area (Å²) in [6, 6.07) is 11.2. The Labute approximate surface area is 137 Å². The van der Waals surface area contributed by atoms with Gasteiger partial charge in [0, 0.05) is 17.1 Å². The van der Waals surface area contributed by atoms with E-state index in [1.807, 2.05) is 0 Å². The molecule has 6 heteroatoms. The monoisotopic (exact) mass is 336 g/mol. The molecule has 22 heavy (non-hydrogen) atoms. The van der Waals surface area contributed by atoms with Gasteiger partial charge in [0.2, 0.25) is 0 Å². The normalized spacial score (nSPS) is 14.1. The summed E-state index contributed by atoms with van der Waals surface area (Å²) >= 11 is 12.0. The number of nitrogens with zero attached hydrogens (tertiary/aromatic N) is 2. The molecule has 3 nitrogen and oxygen atoms in total. The average molecular weight is 337 g/mol. The zero-order valence-electron chi connectivity index (χ0n) is 11.4. The maximum absolute atomic E-state index is 14.0. The fourth-order valence-electron chi connectivity index (χ4n) is 2.36. The number of hydrogen-bond acceptors (Lipinski definition) is 2. The highest BCUT2D eigenvalue weighted by Gasteiger charge is 2.29. The van der Waals surface area contributed by atoms with Crippen molar-refractivity contribution in [3.8, 4) is 0 Å². The largest absolute Gasteiger partial charge is 0.290 e. The van der Waals surface area contributed by atoms with Crippen LogP contribution >= 0.6 is 23.2 Å². The molecule has 0 aromatic heterocycles. The molecule has 0 spiro atoms. The highest BCUT2D eigenvalue weighted by molar-refractivity contribution is 6.34. The van der Waals surface area contributed by atoms with Crippen molar-refractivity contribution in [1.29, 1.82) is 0 Å². The lowest BCUT2D eigenvalue weighted by Gasteiger charge is -2.19. The van der Waals surface area contributed by atoms with Crippen molar-refractivity contribution in [2.75, 3.05) is 13.1 Å². The van der Waals surface area contributed by atoms with Gasteiger partial charge in [-0.25, -0.2) is 4.39 Å². The van der Waals surface area contributed by atoms with Crippen LogP contribution in [0.1, 0.15) is 15.9 Å². The average Bonchev–Trinajstić information content (AvgIpc) is 2.96. The van der Waals surface area contributed by atoms with E-state index in [1.54, 1.807) is 24.3 Å². The standard InChI is InChI=1S/C16H11Cl2FN2O/c17-11-4-1-3-10(9-11)15-20-7-8-21(15)16(22)14-12(18)5-2-6-13(14)19/h1-6,9H,7-8H2. The molecule has 0 aliphatic carbocycles. The first-order chi connectivity index (χ1) is 10.6. The van der Waals surface area contributed by atoms with E-state index in [1.165, 1.54) is 23.1 Å². The molecule has 0 saturated heterocycles. The zero-order chi connectivity index (χ0) is 15.7. The topological polar surface area (TPSA) is 32.7 Å². The third kappa shape index (κ3) is 2.72. The van der Waals surface area contributed by atoms with Crippen LogP contribution in [0, 0.1) is 5.82 Å². The minimum atomic E-state index is -0.644. The predicted molar refractivity (Wildman–Crippen MR) is 85.3 cm³/mol. The number of amides is 1. The van der Waals surface area contributed by atoms with Crippen LogP contribution in [0.5, 0.6) is 0 Å². The highest BCUT2D eigenvalue weighted by atomic mass is 35.5. The molecule has 0 atom stereocenters. The molecule has 0 fully saturated rings.